The van der Waals surface area contributed by atoms with E-state index in [2.05, 4.69) is 15.5 Å². The summed E-state index contributed by atoms with van der Waals surface area (Å²) >= 11 is 0. The Bertz CT molecular complexity index is 722. The van der Waals surface area contributed by atoms with Crippen molar-refractivity contribution in [1.29, 1.82) is 0 Å². The molecule has 7 nitrogen and oxygen atoms in total. The molecule has 21 heavy (non-hydrogen) atoms. The van der Waals surface area contributed by atoms with E-state index in [1.807, 2.05) is 24.4 Å². The molecule has 0 radical (unpaired) electrons. The number of carboxylic acids is 1. The molecule has 0 aromatic carbocycles. The lowest BCUT2D eigenvalue weighted by Crippen LogP contribution is -2.27. The highest BCUT2D eigenvalue weighted by atomic mass is 16.4. The molecule has 7 heteroatoms. The van der Waals surface area contributed by atoms with E-state index in [1.165, 1.54) is 0 Å². The molecule has 1 fully saturated rings. The highest BCUT2D eigenvalue weighted by Crippen LogP contribution is 2.58. The predicted molar refractivity (Wildman–Crippen MR) is 73.2 cm³/mol. The monoisotopic (exact) mass is 288 g/mol. The smallest absolute Gasteiger partial charge is 0.307 e. The number of aliphatic carboxylic acids is 1. The van der Waals surface area contributed by atoms with Gasteiger partial charge in [-0.05, 0) is 17.5 Å². The Morgan fingerprint density at radius 3 is 2.76 bits per heavy atom. The van der Waals surface area contributed by atoms with E-state index in [0.29, 0.717) is 11.5 Å². The van der Waals surface area contributed by atoms with Gasteiger partial charge < -0.3 is 10.4 Å². The van der Waals surface area contributed by atoms with Crippen LogP contribution in [-0.4, -0.2) is 31.6 Å². The zero-order valence-corrected chi connectivity index (χ0v) is 11.8. The Labute approximate surface area is 121 Å². The first-order valence-corrected chi connectivity index (χ1v) is 6.72. The first-order valence-electron chi connectivity index (χ1n) is 6.72. The molecule has 2 atom stereocenters. The van der Waals surface area contributed by atoms with Crippen LogP contribution < -0.4 is 5.32 Å². The molecule has 110 valence electrons. The van der Waals surface area contributed by atoms with E-state index >= 15 is 0 Å². The van der Waals surface area contributed by atoms with E-state index in [9.17, 15) is 9.59 Å². The van der Waals surface area contributed by atoms with Crippen LogP contribution in [0.25, 0.3) is 5.65 Å². The largest absolute Gasteiger partial charge is 0.481 e. The first kappa shape index (κ1) is 13.5. The minimum Gasteiger partial charge on any atom is -0.481 e. The Morgan fingerprint density at radius 2 is 2.10 bits per heavy atom. The molecule has 2 heterocycles. The van der Waals surface area contributed by atoms with Crippen molar-refractivity contribution in [2.24, 2.45) is 17.3 Å². The van der Waals surface area contributed by atoms with Crippen LogP contribution in [0.2, 0.25) is 0 Å². The number of nitrogens with one attached hydrogen (secondary N) is 1. The molecule has 3 rings (SSSR count). The van der Waals surface area contributed by atoms with Crippen LogP contribution >= 0.6 is 0 Å². The minimum absolute atomic E-state index is 0.225. The molecule has 1 aliphatic carbocycles. The molecular weight excluding hydrogens is 272 g/mol. The molecule has 0 aliphatic heterocycles. The quantitative estimate of drug-likeness (QED) is 0.863. The molecule has 2 aromatic heterocycles. The van der Waals surface area contributed by atoms with Gasteiger partial charge in [0.05, 0.1) is 18.4 Å². The fourth-order valence-corrected chi connectivity index (χ4v) is 2.88. The molecule has 0 saturated heterocycles. The van der Waals surface area contributed by atoms with E-state index in [-0.39, 0.29) is 12.5 Å². The number of hydrogen-bond donors (Lipinski definition) is 2. The van der Waals surface area contributed by atoms with Crippen molar-refractivity contribution in [2.75, 3.05) is 0 Å². The van der Waals surface area contributed by atoms with E-state index in [4.69, 9.17) is 5.11 Å². The van der Waals surface area contributed by atoms with Gasteiger partial charge in [-0.3, -0.25) is 14.0 Å². The lowest BCUT2D eigenvalue weighted by Gasteiger charge is -2.05. The van der Waals surface area contributed by atoms with Crippen molar-refractivity contribution in [3.63, 3.8) is 0 Å². The topological polar surface area (TPSA) is 96.6 Å². The lowest BCUT2D eigenvalue weighted by atomic mass is 10.1. The Morgan fingerprint density at radius 1 is 1.33 bits per heavy atom. The molecule has 0 spiro atoms. The van der Waals surface area contributed by atoms with Crippen molar-refractivity contribution in [3.8, 4) is 0 Å². The highest BCUT2D eigenvalue weighted by Gasteiger charge is 2.65. The van der Waals surface area contributed by atoms with Gasteiger partial charge in [-0.1, -0.05) is 19.9 Å². The summed E-state index contributed by atoms with van der Waals surface area (Å²) in [6, 6.07) is 5.53. The van der Waals surface area contributed by atoms with Gasteiger partial charge in [0.2, 0.25) is 5.91 Å². The number of carboxylic acid groups (broad SMARTS) is 1. The Kier molecular flexibility index (Phi) is 2.93. The number of carbonyl (C=O) groups excluding carboxylic acids is 1. The van der Waals surface area contributed by atoms with Crippen LogP contribution in [0.3, 0.4) is 0 Å². The molecule has 2 unspecified atom stereocenters. The number of hydrogen-bond acceptors (Lipinski definition) is 4. The van der Waals surface area contributed by atoms with Crippen LogP contribution in [0.4, 0.5) is 0 Å². The van der Waals surface area contributed by atoms with Gasteiger partial charge in [0.1, 0.15) is 0 Å². The molecule has 2 aromatic rings. The van der Waals surface area contributed by atoms with Crippen molar-refractivity contribution in [2.45, 2.75) is 20.4 Å². The van der Waals surface area contributed by atoms with E-state index in [0.717, 1.165) is 0 Å². The first-order chi connectivity index (χ1) is 9.93. The Hall–Kier alpha value is -2.44. The van der Waals surface area contributed by atoms with E-state index < -0.39 is 23.2 Å². The van der Waals surface area contributed by atoms with Gasteiger partial charge in [0.15, 0.2) is 11.5 Å². The van der Waals surface area contributed by atoms with Crippen molar-refractivity contribution in [1.82, 2.24) is 19.9 Å². The maximum atomic E-state index is 12.1. The summed E-state index contributed by atoms with van der Waals surface area (Å²) in [7, 11) is 0. The molecule has 1 saturated carbocycles. The zero-order valence-electron chi connectivity index (χ0n) is 11.8. The standard InChI is InChI=1S/C14H16N4O3/c1-14(2)10(11(14)13(20)21)12(19)15-7-9-17-16-8-5-3-4-6-18(8)9/h3-6,10-11H,7H2,1-2H3,(H,15,19)(H,20,21). The normalized spacial score (nSPS) is 23.0. The van der Waals surface area contributed by atoms with Crippen molar-refractivity contribution in [3.05, 3.63) is 30.2 Å². The van der Waals surface area contributed by atoms with Crippen LogP contribution in [0.5, 0.6) is 0 Å². The average molecular weight is 288 g/mol. The second-order valence-electron chi connectivity index (χ2n) is 5.88. The molecule has 0 bridgehead atoms. The molecule has 2 N–H and O–H groups in total. The summed E-state index contributed by atoms with van der Waals surface area (Å²) in [6.07, 6.45) is 1.82. The number of carbonyl (C=O) groups is 2. The average Bonchev–Trinajstić information content (AvgIpc) is 2.82. The second-order valence-corrected chi connectivity index (χ2v) is 5.88. The fourth-order valence-electron chi connectivity index (χ4n) is 2.88. The third kappa shape index (κ3) is 2.14. The van der Waals surface area contributed by atoms with Crippen molar-refractivity contribution < 1.29 is 14.7 Å². The lowest BCUT2D eigenvalue weighted by molar-refractivity contribution is -0.140. The molecular formula is C14H16N4O3. The second kappa shape index (κ2) is 4.54. The maximum Gasteiger partial charge on any atom is 0.307 e. The number of nitrogens with zero attached hydrogens (tertiary/aromatic N) is 3. The van der Waals surface area contributed by atoms with Gasteiger partial charge in [-0.25, -0.2) is 0 Å². The number of pyridine rings is 1. The Balaban J connectivity index is 1.69. The summed E-state index contributed by atoms with van der Waals surface area (Å²) in [5.74, 6) is -1.67. The summed E-state index contributed by atoms with van der Waals surface area (Å²) in [5, 5.41) is 19.9. The van der Waals surface area contributed by atoms with Gasteiger partial charge in [-0.15, -0.1) is 10.2 Å². The van der Waals surface area contributed by atoms with E-state index in [1.54, 1.807) is 18.2 Å². The zero-order chi connectivity index (χ0) is 15.2. The van der Waals surface area contributed by atoms with Gasteiger partial charge >= 0.3 is 5.97 Å². The maximum absolute atomic E-state index is 12.1. The minimum atomic E-state index is -0.923. The number of rotatable bonds is 4. The predicted octanol–water partition coefficient (Wildman–Crippen LogP) is 0.702. The van der Waals surface area contributed by atoms with Gasteiger partial charge in [-0.2, -0.15) is 0 Å². The van der Waals surface area contributed by atoms with Crippen LogP contribution in [0.1, 0.15) is 19.7 Å². The summed E-state index contributed by atoms with van der Waals surface area (Å²) in [4.78, 5) is 23.2. The highest BCUT2D eigenvalue weighted by molar-refractivity contribution is 5.91. The van der Waals surface area contributed by atoms with Gasteiger partial charge in [0.25, 0.3) is 0 Å². The summed E-state index contributed by atoms with van der Waals surface area (Å²) in [5.41, 5.74) is 0.208. The van der Waals surface area contributed by atoms with Crippen LogP contribution in [-0.2, 0) is 16.1 Å². The summed E-state index contributed by atoms with van der Waals surface area (Å²) in [6.45, 7) is 3.81. The third-order valence-corrected chi connectivity index (χ3v) is 4.18. The number of aromatic nitrogens is 3. The number of amides is 1. The number of fused-ring (bicyclic) bond motifs is 1. The SMILES string of the molecule is CC1(C)C(C(=O)O)C1C(=O)NCc1nnc2ccccn12. The third-order valence-electron chi connectivity index (χ3n) is 4.18. The van der Waals surface area contributed by atoms with Crippen molar-refractivity contribution >= 4 is 17.5 Å². The van der Waals surface area contributed by atoms with Crippen LogP contribution in [0, 0.1) is 17.3 Å². The van der Waals surface area contributed by atoms with Crippen LogP contribution in [0.15, 0.2) is 24.4 Å². The molecule has 1 aliphatic rings. The van der Waals surface area contributed by atoms with Gasteiger partial charge in [0, 0.05) is 6.20 Å². The summed E-state index contributed by atoms with van der Waals surface area (Å²) < 4.78 is 1.78. The fraction of sp³-hybridized carbons (Fsp3) is 0.429. The molecule has 1 amide bonds.